The molecular weight excluding hydrogens is 206 g/mol. The second-order valence-electron chi connectivity index (χ2n) is 3.34. The van der Waals surface area contributed by atoms with Gasteiger partial charge in [0.25, 0.3) is 0 Å². The zero-order valence-electron chi connectivity index (χ0n) is 8.79. The van der Waals surface area contributed by atoms with Gasteiger partial charge in [-0.15, -0.1) is 10.2 Å². The molecule has 0 bridgehead atoms. The fourth-order valence-corrected chi connectivity index (χ4v) is 1.67. The van der Waals surface area contributed by atoms with E-state index in [2.05, 4.69) is 10.2 Å². The highest BCUT2D eigenvalue weighted by Gasteiger charge is 2.15. The van der Waals surface area contributed by atoms with Crippen LogP contribution >= 0.6 is 0 Å². The number of benzene rings is 1. The lowest BCUT2D eigenvalue weighted by molar-refractivity contribution is 0.0696. The molecule has 5 heteroatoms. The highest BCUT2D eigenvalue weighted by molar-refractivity contribution is 5.93. The van der Waals surface area contributed by atoms with Gasteiger partial charge in [-0.05, 0) is 18.1 Å². The van der Waals surface area contributed by atoms with Crippen molar-refractivity contribution in [3.05, 3.63) is 42.0 Å². The third kappa shape index (κ3) is 1.67. The summed E-state index contributed by atoms with van der Waals surface area (Å²) in [5, 5.41) is 16.6. The molecule has 0 spiro atoms. The number of nitrogens with zero attached hydrogens (tertiary/aromatic N) is 3. The number of carboxylic acids is 1. The molecule has 16 heavy (non-hydrogen) atoms. The van der Waals surface area contributed by atoms with Gasteiger partial charge in [-0.3, -0.25) is 4.57 Å². The van der Waals surface area contributed by atoms with Crippen molar-refractivity contribution in [3.8, 4) is 5.69 Å². The first kappa shape index (κ1) is 10.4. The molecule has 0 aliphatic carbocycles. The Balaban J connectivity index is 2.65. The van der Waals surface area contributed by atoms with Crippen molar-refractivity contribution in [2.75, 3.05) is 0 Å². The molecule has 0 unspecified atom stereocenters. The summed E-state index contributed by atoms with van der Waals surface area (Å²) in [6.07, 6.45) is 3.65. The van der Waals surface area contributed by atoms with Crippen molar-refractivity contribution in [2.24, 2.45) is 0 Å². The molecule has 0 saturated heterocycles. The Bertz CT molecular complexity index is 506. The van der Waals surface area contributed by atoms with Gasteiger partial charge in [0, 0.05) is 0 Å². The van der Waals surface area contributed by atoms with E-state index in [1.54, 1.807) is 10.6 Å². The molecule has 5 nitrogen and oxygen atoms in total. The standard InChI is InChI=1S/C11H11N3O2/c1-2-8-4-3-5-9(10(8)11(15)16)14-6-12-13-7-14/h3-7H,2H2,1H3,(H,15,16). The normalized spacial score (nSPS) is 10.3. The van der Waals surface area contributed by atoms with Gasteiger partial charge >= 0.3 is 5.97 Å². The molecule has 0 fully saturated rings. The van der Waals surface area contributed by atoms with E-state index in [-0.39, 0.29) is 0 Å². The Kier molecular flexibility index (Phi) is 2.68. The lowest BCUT2D eigenvalue weighted by atomic mass is 10.0. The minimum absolute atomic E-state index is 0.310. The molecule has 0 saturated carbocycles. The van der Waals surface area contributed by atoms with Crippen LogP contribution in [0.4, 0.5) is 0 Å². The highest BCUT2D eigenvalue weighted by atomic mass is 16.4. The van der Waals surface area contributed by atoms with Crippen LogP contribution < -0.4 is 0 Å². The summed E-state index contributed by atoms with van der Waals surface area (Å²) >= 11 is 0. The highest BCUT2D eigenvalue weighted by Crippen LogP contribution is 2.19. The molecule has 0 radical (unpaired) electrons. The SMILES string of the molecule is CCc1cccc(-n2cnnc2)c1C(=O)O. The lowest BCUT2D eigenvalue weighted by Gasteiger charge is -2.09. The number of rotatable bonds is 3. The fourth-order valence-electron chi connectivity index (χ4n) is 1.67. The summed E-state index contributed by atoms with van der Waals surface area (Å²) < 4.78 is 1.60. The lowest BCUT2D eigenvalue weighted by Crippen LogP contribution is -2.08. The van der Waals surface area contributed by atoms with Crippen LogP contribution in [0.15, 0.2) is 30.9 Å². The Labute approximate surface area is 92.4 Å². The van der Waals surface area contributed by atoms with Crippen LogP contribution in [0, 0.1) is 0 Å². The van der Waals surface area contributed by atoms with Gasteiger partial charge in [0.15, 0.2) is 0 Å². The topological polar surface area (TPSA) is 68.0 Å². The van der Waals surface area contributed by atoms with E-state index in [9.17, 15) is 9.90 Å². The van der Waals surface area contributed by atoms with Crippen molar-refractivity contribution in [3.63, 3.8) is 0 Å². The number of carbonyl (C=O) groups is 1. The van der Waals surface area contributed by atoms with Crippen molar-refractivity contribution in [1.29, 1.82) is 0 Å². The van der Waals surface area contributed by atoms with E-state index in [1.807, 2.05) is 19.1 Å². The minimum atomic E-state index is -0.929. The van der Waals surface area contributed by atoms with Crippen molar-refractivity contribution < 1.29 is 9.90 Å². The average molecular weight is 217 g/mol. The molecule has 0 atom stereocenters. The smallest absolute Gasteiger partial charge is 0.338 e. The number of aryl methyl sites for hydroxylation is 1. The number of carboxylic acid groups (broad SMARTS) is 1. The van der Waals surface area contributed by atoms with E-state index in [0.717, 1.165) is 5.56 Å². The van der Waals surface area contributed by atoms with Crippen LogP contribution in [0.2, 0.25) is 0 Å². The number of aromatic carboxylic acids is 1. The predicted molar refractivity (Wildman–Crippen MR) is 57.7 cm³/mol. The Hall–Kier alpha value is -2.17. The van der Waals surface area contributed by atoms with E-state index < -0.39 is 5.97 Å². The van der Waals surface area contributed by atoms with E-state index in [4.69, 9.17) is 0 Å². The molecule has 0 aliphatic rings. The van der Waals surface area contributed by atoms with Crippen LogP contribution in [-0.2, 0) is 6.42 Å². The van der Waals surface area contributed by atoms with Crippen LogP contribution in [0.5, 0.6) is 0 Å². The third-order valence-corrected chi connectivity index (χ3v) is 2.42. The van der Waals surface area contributed by atoms with Gasteiger partial charge in [0.2, 0.25) is 0 Å². The molecule has 2 aromatic rings. The first-order valence-electron chi connectivity index (χ1n) is 4.94. The number of aromatic nitrogens is 3. The van der Waals surface area contributed by atoms with Crippen LogP contribution in [0.25, 0.3) is 5.69 Å². The third-order valence-electron chi connectivity index (χ3n) is 2.42. The summed E-state index contributed by atoms with van der Waals surface area (Å²) in [5.41, 5.74) is 1.71. The fraction of sp³-hybridized carbons (Fsp3) is 0.182. The number of hydrogen-bond donors (Lipinski definition) is 1. The van der Waals surface area contributed by atoms with Crippen LogP contribution in [-0.4, -0.2) is 25.8 Å². The maximum Gasteiger partial charge on any atom is 0.338 e. The van der Waals surface area contributed by atoms with E-state index in [0.29, 0.717) is 17.7 Å². The second-order valence-corrected chi connectivity index (χ2v) is 3.34. The van der Waals surface area contributed by atoms with Gasteiger partial charge in [0.05, 0.1) is 11.3 Å². The van der Waals surface area contributed by atoms with Gasteiger partial charge in [-0.2, -0.15) is 0 Å². The molecule has 82 valence electrons. The first-order valence-corrected chi connectivity index (χ1v) is 4.94. The largest absolute Gasteiger partial charge is 0.478 e. The van der Waals surface area contributed by atoms with Gasteiger partial charge in [-0.1, -0.05) is 19.1 Å². The Morgan fingerprint density at radius 1 is 1.38 bits per heavy atom. The molecule has 1 heterocycles. The zero-order valence-corrected chi connectivity index (χ0v) is 8.79. The summed E-state index contributed by atoms with van der Waals surface area (Å²) in [5.74, 6) is -0.929. The maximum atomic E-state index is 11.2. The van der Waals surface area contributed by atoms with Crippen LogP contribution in [0.1, 0.15) is 22.8 Å². The Morgan fingerprint density at radius 2 is 2.06 bits per heavy atom. The van der Waals surface area contributed by atoms with Gasteiger partial charge in [-0.25, -0.2) is 4.79 Å². The van der Waals surface area contributed by atoms with Crippen molar-refractivity contribution in [2.45, 2.75) is 13.3 Å². The van der Waals surface area contributed by atoms with E-state index in [1.165, 1.54) is 12.7 Å². The average Bonchev–Trinajstić information content (AvgIpc) is 2.81. The van der Waals surface area contributed by atoms with Gasteiger partial charge in [0.1, 0.15) is 12.7 Å². The summed E-state index contributed by atoms with van der Waals surface area (Å²) in [6, 6.07) is 5.39. The predicted octanol–water partition coefficient (Wildman–Crippen LogP) is 1.53. The van der Waals surface area contributed by atoms with Gasteiger partial charge < -0.3 is 5.11 Å². The number of hydrogen-bond acceptors (Lipinski definition) is 3. The summed E-state index contributed by atoms with van der Waals surface area (Å²) in [4.78, 5) is 11.2. The van der Waals surface area contributed by atoms with Crippen molar-refractivity contribution in [1.82, 2.24) is 14.8 Å². The first-order chi connectivity index (χ1) is 7.74. The molecule has 0 aliphatic heterocycles. The summed E-state index contributed by atoms with van der Waals surface area (Å²) in [6.45, 7) is 1.93. The molecule has 1 aromatic heterocycles. The molecule has 1 N–H and O–H groups in total. The second kappa shape index (κ2) is 4.14. The monoisotopic (exact) mass is 217 g/mol. The van der Waals surface area contributed by atoms with Crippen LogP contribution in [0.3, 0.4) is 0 Å². The van der Waals surface area contributed by atoms with Crippen molar-refractivity contribution >= 4 is 5.97 Å². The zero-order chi connectivity index (χ0) is 11.5. The molecule has 2 rings (SSSR count). The molecule has 0 amide bonds. The molecule has 1 aromatic carbocycles. The summed E-state index contributed by atoms with van der Waals surface area (Å²) in [7, 11) is 0. The Morgan fingerprint density at radius 3 is 2.62 bits per heavy atom. The molecular formula is C11H11N3O2. The van der Waals surface area contributed by atoms with E-state index >= 15 is 0 Å². The minimum Gasteiger partial charge on any atom is -0.478 e. The quantitative estimate of drug-likeness (QED) is 0.846. The maximum absolute atomic E-state index is 11.2.